The van der Waals surface area contributed by atoms with Crippen molar-refractivity contribution in [3.8, 4) is 22.8 Å². The Morgan fingerprint density at radius 1 is 1.24 bits per heavy atom. The summed E-state index contributed by atoms with van der Waals surface area (Å²) >= 11 is 6.28. The monoisotopic (exact) mass is 491 g/mol. The predicted molar refractivity (Wildman–Crippen MR) is 123 cm³/mol. The SMILES string of the molecule is [B]c1cccc(Cl)c1-c1cc(=O)c2c(O)cc(O)c([C@H]3CCN(C)C[C@H]3OP(=O)(O)O)c2o1. The van der Waals surface area contributed by atoms with Gasteiger partial charge in [-0.3, -0.25) is 9.32 Å². The third-order valence-electron chi connectivity index (χ3n) is 5.70. The number of likely N-dealkylation sites (tertiary alicyclic amines) is 1. The highest BCUT2D eigenvalue weighted by Gasteiger charge is 2.38. The third-order valence-corrected chi connectivity index (χ3v) is 6.56. The molecule has 0 amide bonds. The Morgan fingerprint density at radius 3 is 2.64 bits per heavy atom. The molecule has 2 radical (unpaired) electrons. The first-order chi connectivity index (χ1) is 15.5. The number of likely N-dealkylation sites (N-methyl/N-ethyl adjacent to an activating group) is 1. The summed E-state index contributed by atoms with van der Waals surface area (Å²) in [6.07, 6.45) is -0.695. The number of nitrogens with zero attached hydrogens (tertiary/aromatic N) is 1. The minimum atomic E-state index is -4.87. The van der Waals surface area contributed by atoms with E-state index in [0.717, 1.165) is 12.1 Å². The molecular weight excluding hydrogens is 471 g/mol. The Labute approximate surface area is 194 Å². The van der Waals surface area contributed by atoms with Crippen molar-refractivity contribution in [2.24, 2.45) is 0 Å². The van der Waals surface area contributed by atoms with Crippen LogP contribution < -0.4 is 10.9 Å². The van der Waals surface area contributed by atoms with Gasteiger partial charge in [0.05, 0.1) is 11.1 Å². The van der Waals surface area contributed by atoms with Crippen molar-refractivity contribution < 1.29 is 33.5 Å². The number of phenolic OH excluding ortho intramolecular Hbond substituents is 2. The van der Waals surface area contributed by atoms with Crippen molar-refractivity contribution in [2.75, 3.05) is 20.1 Å². The Kier molecular flexibility index (Phi) is 6.35. The van der Waals surface area contributed by atoms with Gasteiger partial charge >= 0.3 is 7.82 Å². The summed E-state index contributed by atoms with van der Waals surface area (Å²) in [4.78, 5) is 33.6. The van der Waals surface area contributed by atoms with Crippen LogP contribution in [0.3, 0.4) is 0 Å². The van der Waals surface area contributed by atoms with E-state index in [4.69, 9.17) is 28.4 Å². The second kappa shape index (κ2) is 8.79. The van der Waals surface area contributed by atoms with Gasteiger partial charge in [-0.15, -0.1) is 0 Å². The number of benzene rings is 2. The molecule has 2 heterocycles. The summed E-state index contributed by atoms with van der Waals surface area (Å²) in [5, 5.41) is 21.2. The summed E-state index contributed by atoms with van der Waals surface area (Å²) in [6.45, 7) is 0.674. The summed E-state index contributed by atoms with van der Waals surface area (Å²) < 4.78 is 22.6. The molecule has 9 nitrogen and oxygen atoms in total. The van der Waals surface area contributed by atoms with Crippen LogP contribution in [0, 0.1) is 0 Å². The molecule has 172 valence electrons. The van der Waals surface area contributed by atoms with Crippen LogP contribution in [-0.4, -0.2) is 59.0 Å². The maximum atomic E-state index is 13.0. The van der Waals surface area contributed by atoms with Crippen LogP contribution in [0.1, 0.15) is 17.9 Å². The van der Waals surface area contributed by atoms with E-state index in [0.29, 0.717) is 13.0 Å². The van der Waals surface area contributed by atoms with Gasteiger partial charge < -0.3 is 29.3 Å². The van der Waals surface area contributed by atoms with E-state index in [2.05, 4.69) is 0 Å². The number of rotatable bonds is 4. The van der Waals surface area contributed by atoms with Crippen molar-refractivity contribution >= 4 is 43.7 Å². The third kappa shape index (κ3) is 4.68. The van der Waals surface area contributed by atoms with E-state index in [1.165, 1.54) is 0 Å². The van der Waals surface area contributed by atoms with E-state index in [1.54, 1.807) is 25.2 Å². The number of halogens is 1. The average Bonchev–Trinajstić information content (AvgIpc) is 2.67. The first-order valence-corrected chi connectivity index (χ1v) is 11.9. The quantitative estimate of drug-likeness (QED) is 0.319. The molecule has 12 heteroatoms. The molecule has 0 saturated carbocycles. The van der Waals surface area contributed by atoms with Gasteiger partial charge in [-0.05, 0) is 26.1 Å². The van der Waals surface area contributed by atoms with Gasteiger partial charge in [0.2, 0.25) is 0 Å². The molecule has 0 unspecified atom stereocenters. The molecule has 2 aromatic carbocycles. The van der Waals surface area contributed by atoms with Gasteiger partial charge in [-0.25, -0.2) is 4.57 Å². The molecule has 1 aliphatic rings. The van der Waals surface area contributed by atoms with Crippen molar-refractivity contribution in [3.05, 3.63) is 51.1 Å². The second-order valence-corrected chi connectivity index (χ2v) is 9.60. The molecule has 0 bridgehead atoms. The average molecular weight is 492 g/mol. The molecule has 3 aromatic rings. The largest absolute Gasteiger partial charge is 0.507 e. The topological polar surface area (TPSA) is 141 Å². The van der Waals surface area contributed by atoms with E-state index < -0.39 is 36.8 Å². The normalized spacial score (nSPS) is 19.8. The highest BCUT2D eigenvalue weighted by atomic mass is 35.5. The minimum absolute atomic E-state index is 0.0160. The zero-order chi connectivity index (χ0) is 24.1. The maximum Gasteiger partial charge on any atom is 0.469 e. The molecule has 1 aliphatic heterocycles. The summed E-state index contributed by atoms with van der Waals surface area (Å²) in [5.74, 6) is -1.64. The zero-order valence-corrected chi connectivity index (χ0v) is 19.1. The smallest absolute Gasteiger partial charge is 0.469 e. The van der Waals surface area contributed by atoms with Crippen molar-refractivity contribution in [1.29, 1.82) is 0 Å². The lowest BCUT2D eigenvalue weighted by Gasteiger charge is -2.36. The molecule has 1 fully saturated rings. The van der Waals surface area contributed by atoms with Gasteiger partial charge in [0.25, 0.3) is 0 Å². The molecule has 1 aromatic heterocycles. The van der Waals surface area contributed by atoms with Gasteiger partial charge in [0.1, 0.15) is 36.1 Å². The molecule has 0 spiro atoms. The fourth-order valence-electron chi connectivity index (χ4n) is 4.29. The van der Waals surface area contributed by atoms with E-state index in [1.807, 2.05) is 4.90 Å². The highest BCUT2D eigenvalue weighted by molar-refractivity contribution is 7.46. The maximum absolute atomic E-state index is 13.0. The van der Waals surface area contributed by atoms with Crippen LogP contribution in [0.2, 0.25) is 5.02 Å². The van der Waals surface area contributed by atoms with Gasteiger partial charge in [-0.1, -0.05) is 29.2 Å². The van der Waals surface area contributed by atoms with Crippen LogP contribution in [0.5, 0.6) is 11.5 Å². The minimum Gasteiger partial charge on any atom is -0.507 e. The van der Waals surface area contributed by atoms with Gasteiger partial charge in [0.15, 0.2) is 5.43 Å². The van der Waals surface area contributed by atoms with Crippen molar-refractivity contribution in [2.45, 2.75) is 18.4 Å². The standard InChI is InChI=1S/C21H20BClNO8P/c1-24-6-5-10(17(9-24)32-33(28,29)30)18-13(25)7-14(26)20-15(27)8-16(31-21(18)20)19-11(22)3-2-4-12(19)23/h2-4,7-8,10,17,25-26H,5-6,9H2,1H3,(H2,28,29,30)/t10-,17+/m0/s1. The summed E-state index contributed by atoms with van der Waals surface area (Å²) in [7, 11) is 2.93. The number of phosphoric acid groups is 1. The van der Waals surface area contributed by atoms with Crippen LogP contribution >= 0.6 is 19.4 Å². The Balaban J connectivity index is 1.99. The summed E-state index contributed by atoms with van der Waals surface area (Å²) in [6, 6.07) is 6.92. The Hall–Kier alpha value is -2.33. The molecule has 4 rings (SSSR count). The van der Waals surface area contributed by atoms with Crippen molar-refractivity contribution in [1.82, 2.24) is 4.90 Å². The lowest BCUT2D eigenvalue weighted by atomic mass is 9.85. The number of phosphoric ester groups is 1. The number of aromatic hydroxyl groups is 2. The fourth-order valence-corrected chi connectivity index (χ4v) is 5.13. The first kappa shape index (κ1) is 23.8. The summed E-state index contributed by atoms with van der Waals surface area (Å²) in [5.41, 5.74) is -0.136. The molecule has 33 heavy (non-hydrogen) atoms. The van der Waals surface area contributed by atoms with E-state index >= 15 is 0 Å². The van der Waals surface area contributed by atoms with E-state index in [9.17, 15) is 29.4 Å². The lowest BCUT2D eigenvalue weighted by Crippen LogP contribution is -2.41. The van der Waals surface area contributed by atoms with Crippen LogP contribution in [0.25, 0.3) is 22.3 Å². The molecule has 4 N–H and O–H groups in total. The van der Waals surface area contributed by atoms with Crippen LogP contribution in [-0.2, 0) is 9.09 Å². The van der Waals surface area contributed by atoms with Gasteiger partial charge in [0, 0.05) is 35.7 Å². The van der Waals surface area contributed by atoms with Crippen molar-refractivity contribution in [3.63, 3.8) is 0 Å². The van der Waals surface area contributed by atoms with Gasteiger partial charge in [-0.2, -0.15) is 0 Å². The number of hydrogen-bond acceptors (Lipinski definition) is 7. The Bertz CT molecular complexity index is 1320. The molecular formula is C21H20BClNO8P. The lowest BCUT2D eigenvalue weighted by molar-refractivity contribution is 0.0544. The molecule has 2 atom stereocenters. The highest BCUT2D eigenvalue weighted by Crippen LogP contribution is 2.47. The van der Waals surface area contributed by atoms with Crippen LogP contribution in [0.4, 0.5) is 0 Å². The zero-order valence-electron chi connectivity index (χ0n) is 17.4. The fraction of sp³-hybridized carbons (Fsp3) is 0.286. The Morgan fingerprint density at radius 2 is 1.97 bits per heavy atom. The molecule has 0 aliphatic carbocycles. The number of fused-ring (bicyclic) bond motifs is 1. The number of hydrogen-bond donors (Lipinski definition) is 4. The first-order valence-electron chi connectivity index (χ1n) is 9.95. The predicted octanol–water partition coefficient (Wildman–Crippen LogP) is 2.22. The second-order valence-electron chi connectivity index (χ2n) is 8.00. The number of phenols is 2. The molecule has 1 saturated heterocycles. The van der Waals surface area contributed by atoms with Crippen LogP contribution in [0.15, 0.2) is 39.5 Å². The van der Waals surface area contributed by atoms with E-state index in [-0.39, 0.29) is 44.9 Å². The number of piperidine rings is 1.